The van der Waals surface area contributed by atoms with E-state index in [-0.39, 0.29) is 22.1 Å². The molecule has 5 rings (SSSR count). The van der Waals surface area contributed by atoms with Crippen molar-refractivity contribution in [3.05, 3.63) is 126 Å². The minimum Gasteiger partial charge on any atom is -0.560 e. The molecule has 1 aliphatic heterocycles. The highest BCUT2D eigenvalue weighted by molar-refractivity contribution is 7.90. The van der Waals surface area contributed by atoms with Crippen molar-refractivity contribution in [1.82, 2.24) is 9.53 Å². The number of ether oxygens (including phenoxy) is 1. The van der Waals surface area contributed by atoms with E-state index in [4.69, 9.17) is 15.1 Å². The molecule has 3 N–H and O–H groups in total. The Kier molecular flexibility index (Phi) is 12.3. The second-order valence-electron chi connectivity index (χ2n) is 13.7. The van der Waals surface area contributed by atoms with Gasteiger partial charge >= 0.3 is 12.9 Å². The number of carbonyl (C=O) groups is 2. The zero-order valence-corrected chi connectivity index (χ0v) is 31.8. The summed E-state index contributed by atoms with van der Waals surface area (Å²) in [5.74, 6) is 0.0307. The van der Waals surface area contributed by atoms with Gasteiger partial charge in [-0.25, -0.2) is 17.4 Å². The van der Waals surface area contributed by atoms with Crippen LogP contribution in [0.4, 0.5) is 10.5 Å². The van der Waals surface area contributed by atoms with Gasteiger partial charge in [0.2, 0.25) is 22.8 Å². The summed E-state index contributed by atoms with van der Waals surface area (Å²) < 4.78 is 43.2. The molecule has 0 aromatic heterocycles. The Morgan fingerprint density at radius 2 is 1.55 bits per heavy atom. The minimum absolute atomic E-state index is 0.0365. The van der Waals surface area contributed by atoms with Gasteiger partial charge in [0.1, 0.15) is 37.8 Å². The third kappa shape index (κ3) is 9.43. The largest absolute Gasteiger partial charge is 0.560 e. The van der Waals surface area contributed by atoms with E-state index in [1.807, 2.05) is 97.0 Å². The maximum Gasteiger partial charge on any atom is 0.359 e. The highest BCUT2D eigenvalue weighted by atomic mass is 32.2. The molecule has 16 heteroatoms. The van der Waals surface area contributed by atoms with Crippen LogP contribution in [-0.2, 0) is 27.5 Å². The van der Waals surface area contributed by atoms with Gasteiger partial charge in [-0.1, -0.05) is 90.9 Å². The lowest BCUT2D eigenvalue weighted by atomic mass is 9.60. The van der Waals surface area contributed by atoms with Gasteiger partial charge in [0, 0.05) is 6.07 Å². The van der Waals surface area contributed by atoms with Crippen LogP contribution in [0.15, 0.2) is 113 Å². The molecule has 0 atom stereocenters. The van der Waals surface area contributed by atoms with Crippen LogP contribution in [0.25, 0.3) is 0 Å². The van der Waals surface area contributed by atoms with Gasteiger partial charge < -0.3 is 20.4 Å². The Labute approximate surface area is 314 Å². The van der Waals surface area contributed by atoms with Crippen molar-refractivity contribution in [1.29, 1.82) is 0 Å². The van der Waals surface area contributed by atoms with Gasteiger partial charge in [-0.2, -0.15) is 10.1 Å². The molecule has 4 aromatic carbocycles. The molecule has 1 aliphatic rings. The summed E-state index contributed by atoms with van der Waals surface area (Å²) in [5.41, 5.74) is 10.6. The molecule has 0 unspecified atom stereocenters. The van der Waals surface area contributed by atoms with Crippen LogP contribution in [0, 0.1) is 13.8 Å². The number of anilines is 1. The Hall–Kier alpha value is -5.20. The molecule has 0 radical (unpaired) electrons. The van der Waals surface area contributed by atoms with Crippen LogP contribution >= 0.6 is 0 Å². The molecule has 0 saturated heterocycles. The summed E-state index contributed by atoms with van der Waals surface area (Å²) in [7, 11) is -0.447. The second-order valence-corrected chi connectivity index (χ2v) is 15.5. The number of rotatable bonds is 15. The van der Waals surface area contributed by atoms with Crippen LogP contribution in [0.3, 0.4) is 0 Å². The van der Waals surface area contributed by atoms with Crippen LogP contribution < -0.4 is 25.5 Å². The summed E-state index contributed by atoms with van der Waals surface area (Å²) >= 11 is 0. The fraction of sp³-hybridized carbons (Fsp3) is 0.216. The molecule has 53 heavy (non-hydrogen) atoms. The lowest BCUT2D eigenvalue weighted by molar-refractivity contribution is -0.117. The Morgan fingerprint density at radius 3 is 2.11 bits per heavy atom. The summed E-state index contributed by atoms with van der Waals surface area (Å²) in [6, 6.07) is 26.9. The van der Waals surface area contributed by atoms with E-state index < -0.39 is 42.3 Å². The number of amides is 3. The second kappa shape index (κ2) is 16.6. The number of urea groups is 1. The first kappa shape index (κ1) is 39.0. The number of primary amides is 1. The number of hydrogen-bond acceptors (Lipinski definition) is 7. The normalized spacial score (nSPS) is 13.1. The molecule has 270 valence electrons. The van der Waals surface area contributed by atoms with Crippen molar-refractivity contribution < 1.29 is 27.4 Å². The van der Waals surface area contributed by atoms with Crippen molar-refractivity contribution in [3.8, 4) is 17.2 Å². The average molecular weight is 729 g/mol. The predicted octanol–water partition coefficient (Wildman–Crippen LogP) is 4.17. The van der Waals surface area contributed by atoms with Gasteiger partial charge in [-0.15, -0.1) is 0 Å². The molecule has 11 nitrogen and oxygen atoms in total. The Balaban J connectivity index is 1.53. The Morgan fingerprint density at radius 1 is 0.962 bits per heavy atom. The number of aryl methyl sites for hydroxylation is 2. The molecule has 0 aliphatic carbocycles. The molecule has 0 fully saturated rings. The van der Waals surface area contributed by atoms with E-state index in [2.05, 4.69) is 17.0 Å². The van der Waals surface area contributed by atoms with Crippen molar-refractivity contribution in [3.63, 3.8) is 0 Å². The standard InChI is InChI=1S/C37H43B4N5O6S/c1-24-18-29(46-37(48)43-26(3)34(44-46)36(38)39)19-25(2)35(24)51-30-16-17-31(52-41(5)22-28-14-10-7-11-15-28)32(20-30)53(49,50)45(23-33(42)47)40(4)21-27-12-8-6-9-13-27/h6-20,36H,3,21-23,38-39H2,1-2,4-5H3,(H2,42,47)(H,43,48). The van der Waals surface area contributed by atoms with E-state index in [0.717, 1.165) is 15.3 Å². The monoisotopic (exact) mass is 729 g/mol. The molecular formula is C37H43B4N5O6S. The van der Waals surface area contributed by atoms with Crippen molar-refractivity contribution >= 4 is 62.8 Å². The number of nitrogens with zero attached hydrogens (tertiary/aromatic N) is 3. The van der Waals surface area contributed by atoms with Gasteiger partial charge in [0.25, 0.3) is 0 Å². The predicted molar refractivity (Wildman–Crippen MR) is 218 cm³/mol. The first-order valence-electron chi connectivity index (χ1n) is 17.5. The van der Waals surface area contributed by atoms with Crippen molar-refractivity contribution in [2.75, 3.05) is 11.6 Å². The summed E-state index contributed by atoms with van der Waals surface area (Å²) in [4.78, 5) is 25.1. The van der Waals surface area contributed by atoms with Crippen LogP contribution in [0.5, 0.6) is 17.2 Å². The van der Waals surface area contributed by atoms with E-state index in [1.165, 1.54) is 11.1 Å². The van der Waals surface area contributed by atoms with E-state index in [0.29, 0.717) is 46.6 Å². The zero-order valence-electron chi connectivity index (χ0n) is 31.0. The number of carbonyl (C=O) groups excluding carboxylic acids is 2. The van der Waals surface area contributed by atoms with Crippen LogP contribution in [0.2, 0.25) is 19.4 Å². The SMILES string of the molecule is BC(B)C1=NN(c2cc(C)c(Oc3ccc(OB(C)Cc4ccccc4)c(S(=O)(=O)N(CC(N)=O)B(C)Cc4ccccc4)c3)c(C)c2)C(=O)NC1=C. The molecule has 4 aromatic rings. The smallest absolute Gasteiger partial charge is 0.359 e. The number of allylic oxidation sites excluding steroid dienone is 1. The van der Waals surface area contributed by atoms with Gasteiger partial charge in [0.15, 0.2) is 0 Å². The van der Waals surface area contributed by atoms with Crippen molar-refractivity contribution in [2.45, 2.75) is 50.7 Å². The highest BCUT2D eigenvalue weighted by Gasteiger charge is 2.36. The first-order valence-corrected chi connectivity index (χ1v) is 18.9. The number of nitrogens with two attached hydrogens (primary N) is 1. The van der Waals surface area contributed by atoms with Crippen molar-refractivity contribution in [2.24, 2.45) is 10.8 Å². The fourth-order valence-electron chi connectivity index (χ4n) is 6.30. The summed E-state index contributed by atoms with van der Waals surface area (Å²) in [6.45, 7) is 9.64. The van der Waals surface area contributed by atoms with Gasteiger partial charge in [0.05, 0.1) is 23.6 Å². The molecular weight excluding hydrogens is 686 g/mol. The maximum absolute atomic E-state index is 14.7. The Bertz CT molecular complexity index is 2120. The quantitative estimate of drug-likeness (QED) is 0.176. The fourth-order valence-corrected chi connectivity index (χ4v) is 8.03. The van der Waals surface area contributed by atoms with Gasteiger partial charge in [-0.3, -0.25) is 4.79 Å². The zero-order chi connectivity index (χ0) is 38.4. The molecule has 0 spiro atoms. The average Bonchev–Trinajstić information content (AvgIpc) is 3.09. The lowest BCUT2D eigenvalue weighted by Gasteiger charge is -2.28. The summed E-state index contributed by atoms with van der Waals surface area (Å²) in [6.07, 6.45) is 0.880. The number of hydrogen-bond donors (Lipinski definition) is 2. The van der Waals surface area contributed by atoms with Gasteiger partial charge in [-0.05, 0) is 68.7 Å². The molecule has 0 saturated carbocycles. The molecule has 3 amide bonds. The van der Waals surface area contributed by atoms with Crippen LogP contribution in [-0.4, -0.2) is 66.3 Å². The topological polar surface area (TPSA) is 144 Å². The van der Waals surface area contributed by atoms with E-state index in [1.54, 1.807) is 31.1 Å². The van der Waals surface area contributed by atoms with E-state index >= 15 is 0 Å². The molecule has 1 heterocycles. The molecule has 0 bridgehead atoms. The summed E-state index contributed by atoms with van der Waals surface area (Å²) in [5, 5.41) is 8.64. The minimum atomic E-state index is -4.39. The number of hydrazone groups is 1. The van der Waals surface area contributed by atoms with Crippen LogP contribution in [0.1, 0.15) is 22.3 Å². The number of nitrogens with one attached hydrogen (secondary N) is 1. The first-order chi connectivity index (χ1) is 25.1. The maximum atomic E-state index is 14.7. The number of sulfonamides is 1. The highest BCUT2D eigenvalue weighted by Crippen LogP contribution is 2.38. The van der Waals surface area contributed by atoms with E-state index in [9.17, 15) is 18.0 Å². The third-order valence-electron chi connectivity index (χ3n) is 8.80. The third-order valence-corrected chi connectivity index (χ3v) is 10.8. The number of benzene rings is 4. The lowest BCUT2D eigenvalue weighted by Crippen LogP contribution is -2.47.